The van der Waals surface area contributed by atoms with E-state index in [1.807, 2.05) is 0 Å². The first-order chi connectivity index (χ1) is 8.00. The average Bonchev–Trinajstić information content (AvgIpc) is 2.28. The summed E-state index contributed by atoms with van der Waals surface area (Å²) in [5, 5.41) is 9.02. The van der Waals surface area contributed by atoms with Crippen LogP contribution in [-0.2, 0) is 4.79 Å². The zero-order chi connectivity index (χ0) is 12.8. The molecule has 0 saturated heterocycles. The number of carbonyl (C=O) groups is 1. The predicted octanol–water partition coefficient (Wildman–Crippen LogP) is 4.10. The van der Waals surface area contributed by atoms with E-state index in [1.54, 1.807) is 0 Å². The fourth-order valence-corrected chi connectivity index (χ4v) is 2.10. The summed E-state index contributed by atoms with van der Waals surface area (Å²) < 4.78 is 0. The van der Waals surface area contributed by atoms with E-state index in [1.165, 1.54) is 11.1 Å². The summed E-state index contributed by atoms with van der Waals surface area (Å²) in [6.45, 7) is 7.95. The molecule has 1 atom stereocenters. The molecular weight excluding hydrogens is 212 g/mol. The fourth-order valence-electron chi connectivity index (χ4n) is 2.10. The quantitative estimate of drug-likeness (QED) is 0.577. The standard InChI is InChI=1S/C15H22O2/c1-11-5-4-6-12(2)8-10-14(9-7-11)13(3)15(16)17/h5,8,14H,3-4,6-7,9-10H2,1-2H3,(H,16,17)/b11-5-,12-8-/t14-/m1/s1. The van der Waals surface area contributed by atoms with E-state index in [4.69, 9.17) is 5.11 Å². The maximum atomic E-state index is 11.0. The van der Waals surface area contributed by atoms with Gasteiger partial charge in [-0.1, -0.05) is 29.9 Å². The molecular formula is C15H22O2. The first kappa shape index (κ1) is 13.8. The second-order valence-electron chi connectivity index (χ2n) is 4.94. The van der Waals surface area contributed by atoms with Gasteiger partial charge in [-0.15, -0.1) is 0 Å². The minimum absolute atomic E-state index is 0.0731. The van der Waals surface area contributed by atoms with Crippen LogP contribution in [0.25, 0.3) is 0 Å². The van der Waals surface area contributed by atoms with Crippen molar-refractivity contribution in [3.63, 3.8) is 0 Å². The number of carboxylic acids is 1. The third-order valence-electron chi connectivity index (χ3n) is 3.44. The topological polar surface area (TPSA) is 37.3 Å². The lowest BCUT2D eigenvalue weighted by Crippen LogP contribution is -2.12. The SMILES string of the molecule is C=C(C(=O)O)[C@H]1C/C=C(/C)CC/C=C(/C)CC1. The number of hydrogen-bond donors (Lipinski definition) is 1. The van der Waals surface area contributed by atoms with Crippen LogP contribution in [0.3, 0.4) is 0 Å². The van der Waals surface area contributed by atoms with Crippen LogP contribution >= 0.6 is 0 Å². The van der Waals surface area contributed by atoms with Gasteiger partial charge in [0, 0.05) is 5.57 Å². The largest absolute Gasteiger partial charge is 0.478 e. The Hall–Kier alpha value is -1.31. The van der Waals surface area contributed by atoms with Crippen molar-refractivity contribution in [1.29, 1.82) is 0 Å². The van der Waals surface area contributed by atoms with Crippen molar-refractivity contribution in [3.05, 3.63) is 35.5 Å². The Labute approximate surface area is 104 Å². The number of rotatable bonds is 2. The van der Waals surface area contributed by atoms with Gasteiger partial charge in [0.1, 0.15) is 0 Å². The molecule has 2 nitrogen and oxygen atoms in total. The van der Waals surface area contributed by atoms with Crippen LogP contribution in [0.2, 0.25) is 0 Å². The molecule has 1 aliphatic carbocycles. The van der Waals surface area contributed by atoms with E-state index in [-0.39, 0.29) is 5.92 Å². The predicted molar refractivity (Wildman–Crippen MR) is 70.9 cm³/mol. The molecule has 1 rings (SSSR count). The third-order valence-corrected chi connectivity index (χ3v) is 3.44. The van der Waals surface area contributed by atoms with Gasteiger partial charge in [0.25, 0.3) is 0 Å². The zero-order valence-corrected chi connectivity index (χ0v) is 10.8. The smallest absolute Gasteiger partial charge is 0.331 e. The molecule has 0 aromatic rings. The van der Waals surface area contributed by atoms with Gasteiger partial charge in [0.15, 0.2) is 0 Å². The Balaban J connectivity index is 2.79. The van der Waals surface area contributed by atoms with E-state index >= 15 is 0 Å². The molecule has 1 aliphatic rings. The minimum Gasteiger partial charge on any atom is -0.478 e. The van der Waals surface area contributed by atoms with E-state index in [0.717, 1.165) is 32.1 Å². The van der Waals surface area contributed by atoms with Crippen molar-refractivity contribution >= 4 is 5.97 Å². The van der Waals surface area contributed by atoms with E-state index in [2.05, 4.69) is 32.6 Å². The number of allylic oxidation sites excluding steroid dienone is 4. The third kappa shape index (κ3) is 4.59. The normalized spacial score (nSPS) is 28.5. The van der Waals surface area contributed by atoms with Crippen LogP contribution in [-0.4, -0.2) is 11.1 Å². The van der Waals surface area contributed by atoms with Crippen molar-refractivity contribution in [2.45, 2.75) is 46.0 Å². The molecule has 0 aromatic heterocycles. The summed E-state index contributed by atoms with van der Waals surface area (Å²) in [5.74, 6) is -0.788. The summed E-state index contributed by atoms with van der Waals surface area (Å²) in [6, 6.07) is 0. The van der Waals surface area contributed by atoms with Gasteiger partial charge < -0.3 is 5.11 Å². The highest BCUT2D eigenvalue weighted by molar-refractivity contribution is 5.86. The molecule has 17 heavy (non-hydrogen) atoms. The summed E-state index contributed by atoms with van der Waals surface area (Å²) in [7, 11) is 0. The number of carboxylic acid groups (broad SMARTS) is 1. The van der Waals surface area contributed by atoms with Gasteiger partial charge in [0.2, 0.25) is 0 Å². The summed E-state index contributed by atoms with van der Waals surface area (Å²) in [4.78, 5) is 11.0. The molecule has 0 heterocycles. The molecule has 0 aromatic carbocycles. The lowest BCUT2D eigenvalue weighted by atomic mass is 9.88. The van der Waals surface area contributed by atoms with Crippen LogP contribution in [0, 0.1) is 5.92 Å². The highest BCUT2D eigenvalue weighted by Gasteiger charge is 2.17. The molecule has 0 radical (unpaired) electrons. The zero-order valence-electron chi connectivity index (χ0n) is 10.8. The number of hydrogen-bond acceptors (Lipinski definition) is 1. The maximum absolute atomic E-state index is 11.0. The van der Waals surface area contributed by atoms with Crippen LogP contribution in [0.15, 0.2) is 35.5 Å². The Morgan fingerprint density at radius 2 is 1.94 bits per heavy atom. The molecule has 1 N–H and O–H groups in total. The van der Waals surface area contributed by atoms with Gasteiger partial charge in [-0.25, -0.2) is 4.79 Å². The van der Waals surface area contributed by atoms with Crippen LogP contribution in [0.1, 0.15) is 46.0 Å². The fraction of sp³-hybridized carbons (Fsp3) is 0.533. The molecule has 0 bridgehead atoms. The van der Waals surface area contributed by atoms with Crippen molar-refractivity contribution < 1.29 is 9.90 Å². The van der Waals surface area contributed by atoms with E-state index in [0.29, 0.717) is 5.57 Å². The van der Waals surface area contributed by atoms with Gasteiger partial charge >= 0.3 is 5.97 Å². The van der Waals surface area contributed by atoms with Crippen molar-refractivity contribution in [2.75, 3.05) is 0 Å². The lowest BCUT2D eigenvalue weighted by Gasteiger charge is -2.17. The van der Waals surface area contributed by atoms with Crippen molar-refractivity contribution in [1.82, 2.24) is 0 Å². The Morgan fingerprint density at radius 1 is 1.29 bits per heavy atom. The molecule has 0 aliphatic heterocycles. The average molecular weight is 234 g/mol. The lowest BCUT2D eigenvalue weighted by molar-refractivity contribution is -0.133. The Morgan fingerprint density at radius 3 is 2.59 bits per heavy atom. The molecule has 0 unspecified atom stereocenters. The van der Waals surface area contributed by atoms with E-state index < -0.39 is 5.97 Å². The van der Waals surface area contributed by atoms with Crippen LogP contribution < -0.4 is 0 Å². The first-order valence-corrected chi connectivity index (χ1v) is 6.24. The first-order valence-electron chi connectivity index (χ1n) is 6.24. The summed E-state index contributed by atoms with van der Waals surface area (Å²) in [5.41, 5.74) is 3.06. The van der Waals surface area contributed by atoms with Gasteiger partial charge in [0.05, 0.1) is 0 Å². The molecule has 0 saturated carbocycles. The Bertz CT molecular complexity index is 361. The van der Waals surface area contributed by atoms with Gasteiger partial charge in [-0.05, 0) is 51.9 Å². The Kier molecular flexibility index (Phi) is 5.20. The highest BCUT2D eigenvalue weighted by Crippen LogP contribution is 2.25. The van der Waals surface area contributed by atoms with Gasteiger partial charge in [-0.2, -0.15) is 0 Å². The van der Waals surface area contributed by atoms with Crippen molar-refractivity contribution in [3.8, 4) is 0 Å². The minimum atomic E-state index is -0.861. The van der Waals surface area contributed by atoms with Crippen LogP contribution in [0.5, 0.6) is 0 Å². The second kappa shape index (κ2) is 6.43. The second-order valence-corrected chi connectivity index (χ2v) is 4.94. The number of aliphatic carboxylic acids is 1. The molecule has 0 amide bonds. The summed E-state index contributed by atoms with van der Waals surface area (Å²) >= 11 is 0. The molecule has 94 valence electrons. The maximum Gasteiger partial charge on any atom is 0.331 e. The summed E-state index contributed by atoms with van der Waals surface area (Å²) in [6.07, 6.45) is 9.28. The van der Waals surface area contributed by atoms with Crippen molar-refractivity contribution in [2.24, 2.45) is 5.92 Å². The van der Waals surface area contributed by atoms with Gasteiger partial charge in [-0.3, -0.25) is 0 Å². The van der Waals surface area contributed by atoms with Crippen LogP contribution in [0.4, 0.5) is 0 Å². The molecule has 0 fully saturated rings. The van der Waals surface area contributed by atoms with E-state index in [9.17, 15) is 4.79 Å². The molecule has 0 spiro atoms. The monoisotopic (exact) mass is 234 g/mol. The highest BCUT2D eigenvalue weighted by atomic mass is 16.4. The molecule has 2 heteroatoms.